The third-order valence-electron chi connectivity index (χ3n) is 6.47. The highest BCUT2D eigenvalue weighted by molar-refractivity contribution is 14.0. The van der Waals surface area contributed by atoms with Gasteiger partial charge in [0.2, 0.25) is 5.91 Å². The van der Waals surface area contributed by atoms with E-state index in [2.05, 4.69) is 58.6 Å². The third-order valence-corrected chi connectivity index (χ3v) is 6.47. The third kappa shape index (κ3) is 8.89. The van der Waals surface area contributed by atoms with E-state index < -0.39 is 0 Å². The minimum atomic E-state index is 0. The Kier molecular flexibility index (Phi) is 12.4. The second kappa shape index (κ2) is 14.7. The number of carbonyl (C=O) groups excluding carboxylic acids is 1. The molecule has 0 aromatic heterocycles. The lowest BCUT2D eigenvalue weighted by Gasteiger charge is -2.30. The number of fused-ring (bicyclic) bond motifs is 1. The zero-order valence-electron chi connectivity index (χ0n) is 19.9. The highest BCUT2D eigenvalue weighted by Crippen LogP contribution is 2.19. The van der Waals surface area contributed by atoms with Crippen molar-refractivity contribution in [1.29, 1.82) is 0 Å². The van der Waals surface area contributed by atoms with Crippen molar-refractivity contribution in [2.75, 3.05) is 45.8 Å². The predicted molar refractivity (Wildman–Crippen MR) is 144 cm³/mol. The molecule has 6 nitrogen and oxygen atoms in total. The van der Waals surface area contributed by atoms with Gasteiger partial charge in [-0.25, -0.2) is 0 Å². The molecule has 0 aliphatic carbocycles. The molecule has 0 spiro atoms. The fourth-order valence-corrected chi connectivity index (χ4v) is 4.42. The van der Waals surface area contributed by atoms with Crippen LogP contribution in [0.25, 0.3) is 0 Å². The topological polar surface area (TPSA) is 60.0 Å². The standard InChI is InChI=1S/C25H41N5O.HI/c1-3-26-25(28-15-7-16-29-17-11-21(2)12-18-29)27-14-6-10-24(31)30-19-13-22-8-4-5-9-23(22)20-30;/h4-5,8-9,21H,3,6-7,10-20H2,1-2H3,(H2,26,27,28);1H. The Bertz CT molecular complexity index is 718. The first-order chi connectivity index (χ1) is 15.2. The lowest BCUT2D eigenvalue weighted by molar-refractivity contribution is -0.132. The number of piperidine rings is 1. The van der Waals surface area contributed by atoms with Gasteiger partial charge in [0.25, 0.3) is 0 Å². The van der Waals surface area contributed by atoms with Gasteiger partial charge < -0.3 is 20.4 Å². The van der Waals surface area contributed by atoms with Crippen molar-refractivity contribution in [3.8, 4) is 0 Å². The number of hydrogen-bond donors (Lipinski definition) is 2. The normalized spacial score (nSPS) is 17.4. The summed E-state index contributed by atoms with van der Waals surface area (Å²) in [7, 11) is 0. The first-order valence-corrected chi connectivity index (χ1v) is 12.2. The summed E-state index contributed by atoms with van der Waals surface area (Å²) in [5, 5.41) is 6.77. The minimum Gasteiger partial charge on any atom is -0.357 e. The molecule has 2 aliphatic heterocycles. The molecule has 180 valence electrons. The molecule has 1 amide bonds. The molecule has 2 aliphatic rings. The largest absolute Gasteiger partial charge is 0.357 e. The highest BCUT2D eigenvalue weighted by atomic mass is 127. The summed E-state index contributed by atoms with van der Waals surface area (Å²) in [6, 6.07) is 8.45. The smallest absolute Gasteiger partial charge is 0.222 e. The number of rotatable bonds is 9. The maximum atomic E-state index is 12.6. The van der Waals surface area contributed by atoms with Crippen molar-refractivity contribution in [1.82, 2.24) is 20.4 Å². The summed E-state index contributed by atoms with van der Waals surface area (Å²) < 4.78 is 0. The van der Waals surface area contributed by atoms with Crippen LogP contribution in [0.3, 0.4) is 0 Å². The average molecular weight is 556 g/mol. The Hall–Kier alpha value is -1.35. The van der Waals surface area contributed by atoms with Gasteiger partial charge in [0, 0.05) is 39.1 Å². The molecule has 3 rings (SSSR count). The number of amides is 1. The maximum Gasteiger partial charge on any atom is 0.222 e. The summed E-state index contributed by atoms with van der Waals surface area (Å²) in [4.78, 5) is 21.8. The van der Waals surface area contributed by atoms with Gasteiger partial charge in [-0.15, -0.1) is 24.0 Å². The van der Waals surface area contributed by atoms with Crippen molar-refractivity contribution in [3.63, 3.8) is 0 Å². The van der Waals surface area contributed by atoms with Crippen LogP contribution in [0.15, 0.2) is 29.3 Å². The molecule has 0 unspecified atom stereocenters. The van der Waals surface area contributed by atoms with Crippen molar-refractivity contribution < 1.29 is 4.79 Å². The Labute approximate surface area is 211 Å². The average Bonchev–Trinajstić information content (AvgIpc) is 2.80. The minimum absolute atomic E-state index is 0. The molecule has 1 aromatic carbocycles. The van der Waals surface area contributed by atoms with E-state index in [4.69, 9.17) is 0 Å². The Balaban J connectivity index is 0.00000363. The lowest BCUT2D eigenvalue weighted by Crippen LogP contribution is -2.40. The lowest BCUT2D eigenvalue weighted by atomic mass is 9.99. The van der Waals surface area contributed by atoms with Crippen molar-refractivity contribution in [2.24, 2.45) is 10.9 Å². The number of halogens is 1. The van der Waals surface area contributed by atoms with Crippen LogP contribution in [0, 0.1) is 5.92 Å². The van der Waals surface area contributed by atoms with Crippen LogP contribution in [0.5, 0.6) is 0 Å². The van der Waals surface area contributed by atoms with Gasteiger partial charge in [0.1, 0.15) is 0 Å². The van der Waals surface area contributed by atoms with E-state index in [1.54, 1.807) is 0 Å². The van der Waals surface area contributed by atoms with Crippen molar-refractivity contribution >= 4 is 35.8 Å². The number of nitrogens with one attached hydrogen (secondary N) is 2. The van der Waals surface area contributed by atoms with Gasteiger partial charge in [-0.05, 0) is 75.7 Å². The first kappa shape index (κ1) is 26.9. The summed E-state index contributed by atoms with van der Waals surface area (Å²) in [5.74, 6) is 2.01. The molecule has 2 heterocycles. The summed E-state index contributed by atoms with van der Waals surface area (Å²) in [5.41, 5.74) is 2.67. The number of nitrogens with zero attached hydrogens (tertiary/aromatic N) is 3. The Morgan fingerprint density at radius 1 is 1.09 bits per heavy atom. The Morgan fingerprint density at radius 2 is 1.84 bits per heavy atom. The molecule has 2 N–H and O–H groups in total. The van der Waals surface area contributed by atoms with Crippen LogP contribution in [0.4, 0.5) is 0 Å². The molecule has 32 heavy (non-hydrogen) atoms. The zero-order valence-corrected chi connectivity index (χ0v) is 22.3. The van der Waals surface area contributed by atoms with Gasteiger partial charge in [0.15, 0.2) is 5.96 Å². The molecule has 0 saturated carbocycles. The quantitative estimate of drug-likeness (QED) is 0.212. The summed E-state index contributed by atoms with van der Waals surface area (Å²) in [6.45, 7) is 12.1. The van der Waals surface area contributed by atoms with E-state index in [0.717, 1.165) is 63.9 Å². The van der Waals surface area contributed by atoms with Gasteiger partial charge in [-0.1, -0.05) is 31.2 Å². The number of carbonyl (C=O) groups is 1. The first-order valence-electron chi connectivity index (χ1n) is 12.2. The predicted octanol–water partition coefficient (Wildman–Crippen LogP) is 3.65. The van der Waals surface area contributed by atoms with Crippen LogP contribution in [0.1, 0.15) is 57.1 Å². The van der Waals surface area contributed by atoms with E-state index in [1.165, 1.54) is 37.1 Å². The fourth-order valence-electron chi connectivity index (χ4n) is 4.42. The number of benzene rings is 1. The summed E-state index contributed by atoms with van der Waals surface area (Å²) in [6.07, 6.45) is 6.12. The molecule has 0 bridgehead atoms. The molecule has 0 radical (unpaired) electrons. The van der Waals surface area contributed by atoms with E-state index in [0.29, 0.717) is 13.0 Å². The van der Waals surface area contributed by atoms with E-state index in [1.807, 2.05) is 4.90 Å². The number of hydrogen-bond acceptors (Lipinski definition) is 3. The number of likely N-dealkylation sites (tertiary alicyclic amines) is 1. The molecule has 0 atom stereocenters. The molecule has 1 saturated heterocycles. The molecule has 1 fully saturated rings. The SMILES string of the molecule is CCNC(=NCCCC(=O)N1CCc2ccccc2C1)NCCCN1CCC(C)CC1.I. The van der Waals surface area contributed by atoms with Crippen LogP contribution in [0.2, 0.25) is 0 Å². The van der Waals surface area contributed by atoms with Gasteiger partial charge in [-0.2, -0.15) is 0 Å². The van der Waals surface area contributed by atoms with Crippen LogP contribution >= 0.6 is 24.0 Å². The van der Waals surface area contributed by atoms with Gasteiger partial charge in [-0.3, -0.25) is 9.79 Å². The summed E-state index contributed by atoms with van der Waals surface area (Å²) >= 11 is 0. The van der Waals surface area contributed by atoms with E-state index in [9.17, 15) is 4.79 Å². The Morgan fingerprint density at radius 3 is 2.59 bits per heavy atom. The monoisotopic (exact) mass is 555 g/mol. The van der Waals surface area contributed by atoms with Crippen LogP contribution < -0.4 is 10.6 Å². The second-order valence-electron chi connectivity index (χ2n) is 9.00. The molecular weight excluding hydrogens is 513 g/mol. The zero-order chi connectivity index (χ0) is 21.9. The van der Waals surface area contributed by atoms with Crippen molar-refractivity contribution in [3.05, 3.63) is 35.4 Å². The van der Waals surface area contributed by atoms with E-state index in [-0.39, 0.29) is 29.9 Å². The van der Waals surface area contributed by atoms with Gasteiger partial charge >= 0.3 is 0 Å². The van der Waals surface area contributed by atoms with E-state index >= 15 is 0 Å². The maximum absolute atomic E-state index is 12.6. The highest BCUT2D eigenvalue weighted by Gasteiger charge is 2.19. The number of guanidine groups is 1. The second-order valence-corrected chi connectivity index (χ2v) is 9.00. The molecule has 7 heteroatoms. The van der Waals surface area contributed by atoms with Crippen LogP contribution in [-0.2, 0) is 17.8 Å². The fraction of sp³-hybridized carbons (Fsp3) is 0.680. The number of aliphatic imine (C=N–C) groups is 1. The van der Waals surface area contributed by atoms with Gasteiger partial charge in [0.05, 0.1) is 0 Å². The molecule has 1 aromatic rings. The molecular formula is C25H42IN5O. The van der Waals surface area contributed by atoms with Crippen LogP contribution in [-0.4, -0.2) is 67.5 Å². The van der Waals surface area contributed by atoms with Crippen molar-refractivity contribution in [2.45, 2.75) is 58.9 Å².